The number of unbranched alkanes of at least 4 members (excludes halogenated alkanes) is 1. The van der Waals surface area contributed by atoms with Crippen molar-refractivity contribution in [3.63, 3.8) is 0 Å². The van der Waals surface area contributed by atoms with Crippen molar-refractivity contribution in [1.29, 1.82) is 0 Å². The molecule has 0 N–H and O–H groups in total. The summed E-state index contributed by atoms with van der Waals surface area (Å²) in [5, 5.41) is 0. The topological polar surface area (TPSA) is 3.24 Å². The average Bonchev–Trinajstić information content (AvgIpc) is 2.53. The van der Waals surface area contributed by atoms with Crippen LogP contribution in [0.3, 0.4) is 0 Å². The molecule has 0 aliphatic heterocycles. The second-order valence-corrected chi connectivity index (χ2v) is 5.64. The quantitative estimate of drug-likeness (QED) is 0.504. The Labute approximate surface area is 137 Å². The highest BCUT2D eigenvalue weighted by Gasteiger charge is 2.08. The average molecular weight is 297 g/mol. The van der Waals surface area contributed by atoms with E-state index in [-0.39, 0.29) is 0 Å². The van der Waals surface area contributed by atoms with Crippen LogP contribution in [0.1, 0.15) is 48.9 Å². The van der Waals surface area contributed by atoms with E-state index in [1.54, 1.807) is 0 Å². The lowest BCUT2D eigenvalue weighted by atomic mass is 9.96. The second-order valence-electron chi connectivity index (χ2n) is 5.64. The predicted octanol–water partition coefficient (Wildman–Crippen LogP) is 5.37. The molecule has 0 amide bonds. The predicted molar refractivity (Wildman–Crippen MR) is 101 cm³/mol. The Morgan fingerprint density at radius 2 is 1.95 bits per heavy atom. The van der Waals surface area contributed by atoms with Crippen LogP contribution in [-0.2, 0) is 6.54 Å². The zero-order valence-corrected chi connectivity index (χ0v) is 15.0. The summed E-state index contributed by atoms with van der Waals surface area (Å²) in [5.74, 6) is 2.71. The largest absolute Gasteiger partial charge is 0.302 e. The minimum absolute atomic E-state index is 0.979. The van der Waals surface area contributed by atoms with E-state index in [4.69, 9.17) is 6.42 Å². The van der Waals surface area contributed by atoms with E-state index < -0.39 is 0 Å². The highest BCUT2D eigenvalue weighted by Crippen LogP contribution is 2.22. The number of allylic oxidation sites excluding steroid dienone is 1. The SMILES string of the molecule is C#C/C(C)=C/c1c(C)ccc(CN(C)CCCC)c1C.C=C. The first kappa shape index (κ1) is 20.2. The Bertz CT molecular complexity index is 532. The van der Waals surface area contributed by atoms with Crippen molar-refractivity contribution in [2.75, 3.05) is 13.6 Å². The number of hydrogen-bond donors (Lipinski definition) is 0. The molecule has 0 bridgehead atoms. The van der Waals surface area contributed by atoms with E-state index in [0.717, 1.165) is 18.7 Å². The van der Waals surface area contributed by atoms with Gasteiger partial charge in [-0.3, -0.25) is 0 Å². The van der Waals surface area contributed by atoms with Crippen LogP contribution in [0, 0.1) is 26.2 Å². The molecule has 0 atom stereocenters. The van der Waals surface area contributed by atoms with Crippen LogP contribution >= 0.6 is 0 Å². The molecular weight excluding hydrogens is 266 g/mol. The van der Waals surface area contributed by atoms with Gasteiger partial charge in [0.15, 0.2) is 0 Å². The molecule has 0 radical (unpaired) electrons. The third kappa shape index (κ3) is 6.33. The minimum atomic E-state index is 0.979. The molecule has 1 aromatic rings. The van der Waals surface area contributed by atoms with Gasteiger partial charge in [-0.1, -0.05) is 31.4 Å². The van der Waals surface area contributed by atoms with Crippen molar-refractivity contribution in [3.05, 3.63) is 53.1 Å². The van der Waals surface area contributed by atoms with E-state index in [0.29, 0.717) is 0 Å². The lowest BCUT2D eigenvalue weighted by Gasteiger charge is -2.19. The first-order valence-electron chi connectivity index (χ1n) is 7.92. The van der Waals surface area contributed by atoms with Crippen molar-refractivity contribution in [3.8, 4) is 12.3 Å². The van der Waals surface area contributed by atoms with Gasteiger partial charge >= 0.3 is 0 Å². The fraction of sp³-hybridized carbons (Fsp3) is 0.429. The summed E-state index contributed by atoms with van der Waals surface area (Å²) in [6.07, 6.45) is 10.1. The molecule has 0 aliphatic carbocycles. The maximum absolute atomic E-state index is 5.47. The van der Waals surface area contributed by atoms with Crippen molar-refractivity contribution >= 4 is 6.08 Å². The van der Waals surface area contributed by atoms with Crippen LogP contribution < -0.4 is 0 Å². The van der Waals surface area contributed by atoms with E-state index in [1.807, 2.05) is 6.92 Å². The summed E-state index contributed by atoms with van der Waals surface area (Å²) in [5.41, 5.74) is 6.29. The van der Waals surface area contributed by atoms with Crippen molar-refractivity contribution in [1.82, 2.24) is 4.90 Å². The van der Waals surface area contributed by atoms with Crippen LogP contribution in [0.25, 0.3) is 6.08 Å². The highest BCUT2D eigenvalue weighted by molar-refractivity contribution is 5.64. The Balaban J connectivity index is 0.00000211. The third-order valence-electron chi connectivity index (χ3n) is 3.77. The van der Waals surface area contributed by atoms with Crippen LogP contribution in [0.4, 0.5) is 0 Å². The van der Waals surface area contributed by atoms with Gasteiger partial charge in [0.2, 0.25) is 0 Å². The molecule has 0 heterocycles. The lowest BCUT2D eigenvalue weighted by molar-refractivity contribution is 0.320. The highest BCUT2D eigenvalue weighted by atomic mass is 15.1. The molecule has 0 aliphatic rings. The standard InChI is InChI=1S/C19H27N.C2H4/c1-7-9-12-20(6)14-18-11-10-16(4)19(17(18)5)13-15(3)8-2;1-2/h2,10-11,13H,7,9,12,14H2,1,3-6H3;1-2H2/b15-13+;. The van der Waals surface area contributed by atoms with Crippen molar-refractivity contribution in [2.45, 2.75) is 47.1 Å². The summed E-state index contributed by atoms with van der Waals surface area (Å²) in [7, 11) is 2.19. The molecule has 0 saturated carbocycles. The smallest absolute Gasteiger partial charge is 0.0233 e. The molecule has 22 heavy (non-hydrogen) atoms. The molecule has 1 nitrogen and oxygen atoms in total. The molecule has 1 aromatic carbocycles. The van der Waals surface area contributed by atoms with Gasteiger partial charge in [0.05, 0.1) is 0 Å². The van der Waals surface area contributed by atoms with Crippen LogP contribution in [-0.4, -0.2) is 18.5 Å². The zero-order valence-electron chi connectivity index (χ0n) is 15.0. The molecule has 1 rings (SSSR count). The normalized spacial score (nSPS) is 10.9. The molecule has 120 valence electrons. The van der Waals surface area contributed by atoms with Gasteiger partial charge in [0.25, 0.3) is 0 Å². The number of hydrogen-bond acceptors (Lipinski definition) is 1. The summed E-state index contributed by atoms with van der Waals surface area (Å²) < 4.78 is 0. The molecule has 0 aromatic heterocycles. The number of aryl methyl sites for hydroxylation is 1. The van der Waals surface area contributed by atoms with Gasteiger partial charge in [-0.05, 0) is 74.7 Å². The monoisotopic (exact) mass is 297 g/mol. The maximum Gasteiger partial charge on any atom is 0.0233 e. The Morgan fingerprint density at radius 1 is 1.32 bits per heavy atom. The first-order chi connectivity index (χ1) is 10.5. The Hall–Kier alpha value is -1.78. The van der Waals surface area contributed by atoms with E-state index in [9.17, 15) is 0 Å². The van der Waals surface area contributed by atoms with Gasteiger partial charge in [-0.25, -0.2) is 0 Å². The van der Waals surface area contributed by atoms with Gasteiger partial charge in [0, 0.05) is 6.54 Å². The van der Waals surface area contributed by atoms with E-state index in [1.165, 1.54) is 35.1 Å². The maximum atomic E-state index is 5.47. The summed E-state index contributed by atoms with van der Waals surface area (Å²) in [6, 6.07) is 4.45. The molecular formula is C21H31N. The molecule has 0 spiro atoms. The zero-order chi connectivity index (χ0) is 17.1. The summed E-state index contributed by atoms with van der Waals surface area (Å²) >= 11 is 0. The lowest BCUT2D eigenvalue weighted by Crippen LogP contribution is -2.19. The number of terminal acetylenes is 1. The summed E-state index contributed by atoms with van der Waals surface area (Å²) in [4.78, 5) is 2.39. The van der Waals surface area contributed by atoms with Gasteiger partial charge < -0.3 is 4.90 Å². The van der Waals surface area contributed by atoms with E-state index in [2.05, 4.69) is 70.0 Å². The number of nitrogens with zero attached hydrogens (tertiary/aromatic N) is 1. The Morgan fingerprint density at radius 3 is 2.50 bits per heavy atom. The fourth-order valence-corrected chi connectivity index (χ4v) is 2.36. The second kappa shape index (κ2) is 10.9. The first-order valence-corrected chi connectivity index (χ1v) is 7.92. The van der Waals surface area contributed by atoms with Gasteiger partial charge in [-0.15, -0.1) is 19.6 Å². The van der Waals surface area contributed by atoms with Crippen LogP contribution in [0.5, 0.6) is 0 Å². The molecule has 1 heteroatoms. The third-order valence-corrected chi connectivity index (χ3v) is 3.77. The van der Waals surface area contributed by atoms with Gasteiger partial charge in [-0.2, -0.15) is 0 Å². The van der Waals surface area contributed by atoms with E-state index >= 15 is 0 Å². The number of rotatable bonds is 6. The minimum Gasteiger partial charge on any atom is -0.302 e. The van der Waals surface area contributed by atoms with Crippen LogP contribution in [0.2, 0.25) is 0 Å². The fourth-order valence-electron chi connectivity index (χ4n) is 2.36. The van der Waals surface area contributed by atoms with Crippen LogP contribution in [0.15, 0.2) is 30.9 Å². The molecule has 0 fully saturated rings. The molecule has 0 unspecified atom stereocenters. The molecule has 0 saturated heterocycles. The number of benzene rings is 1. The Kier molecular flexibility index (Phi) is 10.00. The van der Waals surface area contributed by atoms with Crippen molar-refractivity contribution in [2.24, 2.45) is 0 Å². The summed E-state index contributed by atoms with van der Waals surface area (Å²) in [6.45, 7) is 16.7. The van der Waals surface area contributed by atoms with Crippen molar-refractivity contribution < 1.29 is 0 Å². The van der Waals surface area contributed by atoms with Gasteiger partial charge in [0.1, 0.15) is 0 Å².